The highest BCUT2D eigenvalue weighted by Crippen LogP contribution is 2.42. The number of amides is 1. The number of benzene rings is 1. The van der Waals surface area contributed by atoms with Crippen LogP contribution >= 0.6 is 0 Å². The van der Waals surface area contributed by atoms with Gasteiger partial charge in [-0.05, 0) is 72.3 Å². The molecule has 0 saturated carbocycles. The van der Waals surface area contributed by atoms with Crippen molar-refractivity contribution in [1.29, 1.82) is 0 Å². The molecular weight excluding hydrogens is 434 g/mol. The third-order valence-electron chi connectivity index (χ3n) is 7.54. The number of aromatic nitrogens is 1. The summed E-state index contributed by atoms with van der Waals surface area (Å²) in [5, 5.41) is 3.62. The van der Waals surface area contributed by atoms with Crippen LogP contribution in [0.5, 0.6) is 0 Å². The molecule has 0 aliphatic carbocycles. The molecule has 182 valence electrons. The summed E-state index contributed by atoms with van der Waals surface area (Å²) in [6.45, 7) is 19.9. The number of aryl methyl sites for hydroxylation is 1. The Morgan fingerprint density at radius 2 is 1.74 bits per heavy atom. The topological polar surface area (TPSA) is 45.2 Å². The Morgan fingerprint density at radius 3 is 2.26 bits per heavy atom. The standard InChI is InChI=1S/C29H41N3OSi/c1-19(2)34(20(3)4,21(5)6)15-14-25-11-12-28-26(17-25)27(16-23(8)32(28)24(9)33)31-29-13-10-22(7)18-30-29/h10-13,17-21,23,27H,16H2,1-9H3,(H,30,31)/t23-,27+/m0/s1. The van der Waals surface area contributed by atoms with Crippen molar-refractivity contribution in [1.82, 2.24) is 4.98 Å². The quantitative estimate of drug-likeness (QED) is 0.366. The molecule has 1 aliphatic heterocycles. The summed E-state index contributed by atoms with van der Waals surface area (Å²) in [6, 6.07) is 10.6. The van der Waals surface area contributed by atoms with Crippen molar-refractivity contribution in [2.45, 2.75) is 97.4 Å². The molecule has 1 aromatic carbocycles. The van der Waals surface area contributed by atoms with Crippen molar-refractivity contribution < 1.29 is 4.79 Å². The summed E-state index contributed by atoms with van der Waals surface area (Å²) in [4.78, 5) is 19.0. The van der Waals surface area contributed by atoms with E-state index in [0.29, 0.717) is 16.6 Å². The maximum atomic E-state index is 12.5. The Kier molecular flexibility index (Phi) is 7.93. The molecule has 1 aliphatic rings. The molecular formula is C29H41N3OSi. The van der Waals surface area contributed by atoms with Crippen molar-refractivity contribution in [2.75, 3.05) is 10.2 Å². The third kappa shape index (κ3) is 5.07. The predicted octanol–water partition coefficient (Wildman–Crippen LogP) is 7.26. The van der Waals surface area contributed by atoms with Crippen LogP contribution in [0.25, 0.3) is 0 Å². The van der Waals surface area contributed by atoms with Gasteiger partial charge < -0.3 is 10.2 Å². The number of hydrogen-bond acceptors (Lipinski definition) is 3. The first-order valence-corrected chi connectivity index (χ1v) is 14.9. The van der Waals surface area contributed by atoms with E-state index in [1.165, 1.54) is 0 Å². The minimum Gasteiger partial charge on any atom is -0.363 e. The minimum atomic E-state index is -1.82. The molecule has 0 fully saturated rings. The number of pyridine rings is 1. The summed E-state index contributed by atoms with van der Waals surface area (Å²) in [6.07, 6.45) is 2.70. The fourth-order valence-corrected chi connectivity index (χ4v) is 11.1. The van der Waals surface area contributed by atoms with E-state index in [1.807, 2.05) is 24.1 Å². The molecule has 0 bridgehead atoms. The maximum absolute atomic E-state index is 12.5. The molecule has 1 aromatic heterocycles. The lowest BCUT2D eigenvalue weighted by molar-refractivity contribution is -0.117. The summed E-state index contributed by atoms with van der Waals surface area (Å²) in [5.74, 6) is 4.52. The highest BCUT2D eigenvalue weighted by Gasteiger charge is 2.41. The summed E-state index contributed by atoms with van der Waals surface area (Å²) >= 11 is 0. The fourth-order valence-electron chi connectivity index (χ4n) is 5.90. The van der Waals surface area contributed by atoms with Gasteiger partial charge in [0.1, 0.15) is 13.9 Å². The van der Waals surface area contributed by atoms with Gasteiger partial charge in [0.2, 0.25) is 5.91 Å². The number of hydrogen-bond donors (Lipinski definition) is 1. The Bertz CT molecular complexity index is 1060. The Hall–Kier alpha value is -2.58. The molecule has 1 N–H and O–H groups in total. The van der Waals surface area contributed by atoms with Crippen molar-refractivity contribution >= 4 is 25.5 Å². The van der Waals surface area contributed by atoms with E-state index in [2.05, 4.69) is 94.5 Å². The molecule has 1 amide bonds. The van der Waals surface area contributed by atoms with Gasteiger partial charge in [0.25, 0.3) is 0 Å². The molecule has 2 atom stereocenters. The van der Waals surface area contributed by atoms with Crippen molar-refractivity contribution in [3.05, 3.63) is 53.2 Å². The lowest BCUT2D eigenvalue weighted by Crippen LogP contribution is -2.43. The van der Waals surface area contributed by atoms with E-state index in [1.54, 1.807) is 6.92 Å². The fraction of sp³-hybridized carbons (Fsp3) is 0.517. The Balaban J connectivity index is 2.07. The Labute approximate surface area is 207 Å². The number of carbonyl (C=O) groups excluding carboxylic acids is 1. The second-order valence-electron chi connectivity index (χ2n) is 10.8. The number of fused-ring (bicyclic) bond motifs is 1. The van der Waals surface area contributed by atoms with Crippen molar-refractivity contribution in [3.8, 4) is 11.5 Å². The number of anilines is 2. The smallest absolute Gasteiger partial charge is 0.224 e. The zero-order chi connectivity index (χ0) is 25.2. The van der Waals surface area contributed by atoms with E-state index < -0.39 is 8.07 Å². The van der Waals surface area contributed by atoms with Crippen LogP contribution in [0.15, 0.2) is 36.5 Å². The second-order valence-corrected chi connectivity index (χ2v) is 16.4. The first-order chi connectivity index (χ1) is 16.0. The molecule has 4 nitrogen and oxygen atoms in total. The predicted molar refractivity (Wildman–Crippen MR) is 147 cm³/mol. The largest absolute Gasteiger partial charge is 0.363 e. The van der Waals surface area contributed by atoms with Crippen molar-refractivity contribution in [3.63, 3.8) is 0 Å². The van der Waals surface area contributed by atoms with E-state index in [0.717, 1.165) is 34.6 Å². The number of rotatable bonds is 5. The van der Waals surface area contributed by atoms with Crippen LogP contribution in [0.1, 0.15) is 84.5 Å². The summed E-state index contributed by atoms with van der Waals surface area (Å²) in [7, 11) is -1.82. The molecule has 2 heterocycles. The second kappa shape index (κ2) is 10.4. The van der Waals surface area contributed by atoms with Gasteiger partial charge in [-0.25, -0.2) is 4.98 Å². The molecule has 0 radical (unpaired) electrons. The van der Waals surface area contributed by atoms with Crippen LogP contribution in [0.3, 0.4) is 0 Å². The van der Waals surface area contributed by atoms with E-state index in [4.69, 9.17) is 0 Å². The van der Waals surface area contributed by atoms with Gasteiger partial charge in [0.05, 0.1) is 6.04 Å². The highest BCUT2D eigenvalue weighted by atomic mass is 28.3. The summed E-state index contributed by atoms with van der Waals surface area (Å²) in [5.41, 5.74) is 9.87. The van der Waals surface area contributed by atoms with Crippen LogP contribution in [0.4, 0.5) is 11.5 Å². The monoisotopic (exact) mass is 475 g/mol. The average molecular weight is 476 g/mol. The molecule has 2 aromatic rings. The normalized spacial score (nSPS) is 18.1. The first kappa shape index (κ1) is 26.0. The van der Waals surface area contributed by atoms with Crippen LogP contribution in [-0.4, -0.2) is 25.0 Å². The van der Waals surface area contributed by atoms with Gasteiger partial charge in [-0.1, -0.05) is 53.5 Å². The first-order valence-electron chi connectivity index (χ1n) is 12.6. The molecule has 0 saturated heterocycles. The molecule has 0 unspecified atom stereocenters. The average Bonchev–Trinajstić information content (AvgIpc) is 2.75. The SMILES string of the molecule is CC(=O)N1c2ccc(C#C[Si](C(C)C)(C(C)C)C(C)C)cc2[C@H](Nc2ccc(C)cn2)C[C@@H]1C. The van der Waals surface area contributed by atoms with Crippen LogP contribution < -0.4 is 10.2 Å². The molecule has 3 rings (SSSR count). The van der Waals surface area contributed by atoms with Gasteiger partial charge >= 0.3 is 0 Å². The zero-order valence-electron chi connectivity index (χ0n) is 22.4. The molecule has 34 heavy (non-hydrogen) atoms. The highest BCUT2D eigenvalue weighted by molar-refractivity contribution is 6.90. The van der Waals surface area contributed by atoms with Crippen LogP contribution in [0.2, 0.25) is 16.6 Å². The number of nitrogens with one attached hydrogen (secondary N) is 1. The molecule has 0 spiro atoms. The number of carbonyl (C=O) groups is 1. The molecule has 5 heteroatoms. The third-order valence-corrected chi connectivity index (χ3v) is 13.8. The van der Waals surface area contributed by atoms with Gasteiger partial charge in [-0.3, -0.25) is 4.79 Å². The van der Waals surface area contributed by atoms with Crippen LogP contribution in [-0.2, 0) is 4.79 Å². The van der Waals surface area contributed by atoms with Gasteiger partial charge in [0.15, 0.2) is 0 Å². The maximum Gasteiger partial charge on any atom is 0.224 e. The van der Waals surface area contributed by atoms with Gasteiger partial charge in [-0.2, -0.15) is 0 Å². The zero-order valence-corrected chi connectivity index (χ0v) is 23.4. The van der Waals surface area contributed by atoms with Gasteiger partial charge in [0, 0.05) is 30.4 Å². The number of nitrogens with zero attached hydrogens (tertiary/aromatic N) is 2. The van der Waals surface area contributed by atoms with E-state index >= 15 is 0 Å². The Morgan fingerprint density at radius 1 is 1.09 bits per heavy atom. The summed E-state index contributed by atoms with van der Waals surface area (Å²) < 4.78 is 0. The van der Waals surface area contributed by atoms with Gasteiger partial charge in [-0.15, -0.1) is 5.54 Å². The lowest BCUT2D eigenvalue weighted by atomic mass is 9.90. The van der Waals surface area contributed by atoms with Crippen molar-refractivity contribution in [2.24, 2.45) is 0 Å². The minimum absolute atomic E-state index is 0.0693. The van der Waals surface area contributed by atoms with Crippen LogP contribution in [0, 0.1) is 18.4 Å². The van der Waals surface area contributed by atoms with E-state index in [9.17, 15) is 4.79 Å². The van der Waals surface area contributed by atoms with E-state index in [-0.39, 0.29) is 18.0 Å². The lowest BCUT2D eigenvalue weighted by Gasteiger charge is -2.39.